The third-order valence-corrected chi connectivity index (χ3v) is 18.6. The summed E-state index contributed by atoms with van der Waals surface area (Å²) >= 11 is 0. The van der Waals surface area contributed by atoms with Crippen molar-refractivity contribution in [1.29, 1.82) is 0 Å². The summed E-state index contributed by atoms with van der Waals surface area (Å²) in [6, 6.07) is 5.88. The molecule has 1 rings (SSSR count). The third kappa shape index (κ3) is 5.28. The van der Waals surface area contributed by atoms with E-state index in [2.05, 4.69) is 69.0 Å². The third-order valence-electron chi connectivity index (χ3n) is 4.49. The van der Waals surface area contributed by atoms with Crippen molar-refractivity contribution in [2.45, 2.75) is 76.6 Å². The number of hydrogen-bond donors (Lipinski definition) is 1. The number of nitrogens with zero attached hydrogens (tertiary/aromatic N) is 1. The second kappa shape index (κ2) is 6.31. The molecule has 0 aliphatic carbocycles. The first-order valence-electron chi connectivity index (χ1n) is 7.66. The van der Waals surface area contributed by atoms with Crippen molar-refractivity contribution in [1.82, 2.24) is 9.04 Å². The van der Waals surface area contributed by atoms with Gasteiger partial charge in [-0.25, -0.2) is 0 Å². The lowest BCUT2D eigenvalue weighted by Gasteiger charge is -2.40. The first kappa shape index (κ1) is 17.9. The molecule has 0 saturated carbocycles. The van der Waals surface area contributed by atoms with Crippen LogP contribution in [0.5, 0.6) is 0 Å². The highest BCUT2D eigenvalue weighted by Gasteiger charge is 2.47. The minimum Gasteiger partial charge on any atom is -0.378 e. The monoisotopic (exact) mass is 328 g/mol. The minimum atomic E-state index is -1.24. The van der Waals surface area contributed by atoms with Gasteiger partial charge in [-0.2, -0.15) is 0 Å². The highest BCUT2D eigenvalue weighted by atomic mass is 28.4. The summed E-state index contributed by atoms with van der Waals surface area (Å²) in [6.45, 7) is 20.0. The van der Waals surface area contributed by atoms with Crippen molar-refractivity contribution < 1.29 is 0 Å². The van der Waals surface area contributed by atoms with Crippen molar-refractivity contribution in [3.8, 4) is 0 Å². The zero-order chi connectivity index (χ0) is 14.9. The molecule has 2 radical (unpaired) electrons. The molecule has 1 heterocycles. The highest BCUT2D eigenvalue weighted by molar-refractivity contribution is 7.02. The van der Waals surface area contributed by atoms with Crippen molar-refractivity contribution in [2.75, 3.05) is 0 Å². The maximum atomic E-state index is 3.89. The molecule has 0 bridgehead atoms. The second-order valence-electron chi connectivity index (χ2n) is 8.36. The summed E-state index contributed by atoms with van der Waals surface area (Å²) in [5, 5.41) is 0. The molecule has 19 heavy (non-hydrogen) atoms. The van der Waals surface area contributed by atoms with Gasteiger partial charge in [0.15, 0.2) is 0 Å². The lowest BCUT2D eigenvalue weighted by Crippen LogP contribution is -2.63. The summed E-state index contributed by atoms with van der Waals surface area (Å²) in [7, 11) is -1.13. The van der Waals surface area contributed by atoms with Crippen LogP contribution in [0.2, 0.25) is 76.6 Å². The van der Waals surface area contributed by atoms with E-state index in [0.29, 0.717) is 0 Å². The lowest BCUT2D eigenvalue weighted by molar-refractivity contribution is 0.956. The average molecular weight is 329 g/mol. The van der Waals surface area contributed by atoms with E-state index in [9.17, 15) is 0 Å². The molecule has 2 nitrogen and oxygen atoms in total. The van der Waals surface area contributed by atoms with E-state index in [1.807, 2.05) is 0 Å². The molecule has 1 fully saturated rings. The Bertz CT molecular complexity index is 292. The molecule has 110 valence electrons. The van der Waals surface area contributed by atoms with Crippen LogP contribution in [-0.4, -0.2) is 45.2 Å². The Balaban J connectivity index is 2.55. The topological polar surface area (TPSA) is 15.3 Å². The predicted octanol–water partition coefficient (Wildman–Crippen LogP) is 3.80. The van der Waals surface area contributed by atoms with Crippen molar-refractivity contribution in [3.05, 3.63) is 0 Å². The molecule has 0 atom stereocenters. The Kier molecular flexibility index (Phi) is 5.95. The van der Waals surface area contributed by atoms with E-state index < -0.39 is 24.7 Å². The van der Waals surface area contributed by atoms with Gasteiger partial charge < -0.3 is 9.04 Å². The Hall–Kier alpha value is 0.852. The maximum absolute atomic E-state index is 3.89. The number of nitrogens with one attached hydrogen (secondary N) is 1. The van der Waals surface area contributed by atoms with Crippen LogP contribution in [-0.2, 0) is 0 Å². The molecular formula is C12H33BN2Si4. The van der Waals surface area contributed by atoms with Gasteiger partial charge in [0.1, 0.15) is 24.7 Å². The average Bonchev–Trinajstić information content (AvgIpc) is 2.44. The summed E-state index contributed by atoms with van der Waals surface area (Å²) in [4.78, 5) is 3.89. The van der Waals surface area contributed by atoms with Crippen LogP contribution in [0.4, 0.5) is 0 Å². The van der Waals surface area contributed by atoms with Crippen LogP contribution < -0.4 is 4.89 Å². The summed E-state index contributed by atoms with van der Waals surface area (Å²) in [6.07, 6.45) is 0. The SMILES string of the molecule is C[Si](C)CC[Si](C)(C)N[B]N1[Si](C)(C)CC[Si]1(C)C. The largest absolute Gasteiger partial charge is 0.378 e. The molecule has 0 amide bonds. The van der Waals surface area contributed by atoms with Crippen LogP contribution in [0, 0.1) is 0 Å². The second-order valence-corrected chi connectivity index (χ2v) is 25.5. The maximum Gasteiger partial charge on any atom is 0.287 e. The van der Waals surface area contributed by atoms with Gasteiger partial charge in [0.05, 0.1) is 0 Å². The zero-order valence-electron chi connectivity index (χ0n) is 14.4. The number of rotatable bonds is 6. The van der Waals surface area contributed by atoms with Crippen LogP contribution >= 0.6 is 0 Å². The zero-order valence-corrected chi connectivity index (χ0v) is 18.4. The summed E-state index contributed by atoms with van der Waals surface area (Å²) in [5.74, 6) is 0. The molecular weight excluding hydrogens is 295 g/mol. The van der Waals surface area contributed by atoms with E-state index in [1.165, 1.54) is 24.2 Å². The molecule has 0 unspecified atom stereocenters. The Labute approximate surface area is 126 Å². The van der Waals surface area contributed by atoms with Crippen LogP contribution in [0.25, 0.3) is 0 Å². The lowest BCUT2D eigenvalue weighted by atomic mass is 10.3. The molecule has 1 aliphatic rings. The smallest absolute Gasteiger partial charge is 0.287 e. The fourth-order valence-electron chi connectivity index (χ4n) is 2.90. The molecule has 7 heteroatoms. The van der Waals surface area contributed by atoms with E-state index in [1.54, 1.807) is 0 Å². The molecule has 0 spiro atoms. The molecule has 1 aliphatic heterocycles. The van der Waals surface area contributed by atoms with Gasteiger partial charge in [0, 0.05) is 8.80 Å². The molecule has 0 aromatic carbocycles. The van der Waals surface area contributed by atoms with Crippen molar-refractivity contribution in [3.63, 3.8) is 0 Å². The van der Waals surface area contributed by atoms with Gasteiger partial charge in [-0.1, -0.05) is 58.4 Å². The van der Waals surface area contributed by atoms with Crippen LogP contribution in [0.3, 0.4) is 0 Å². The normalized spacial score (nSPS) is 23.0. The first-order chi connectivity index (χ1) is 8.46. The van der Waals surface area contributed by atoms with Crippen molar-refractivity contribution in [2.24, 2.45) is 0 Å². The van der Waals surface area contributed by atoms with Crippen LogP contribution in [0.15, 0.2) is 0 Å². The summed E-state index contributed by atoms with van der Waals surface area (Å²) < 4.78 is 2.85. The van der Waals surface area contributed by atoms with Crippen LogP contribution in [0.1, 0.15) is 0 Å². The molecule has 1 N–H and O–H groups in total. The Morgan fingerprint density at radius 1 is 1.11 bits per heavy atom. The predicted molar refractivity (Wildman–Crippen MR) is 99.9 cm³/mol. The molecule has 0 aromatic heterocycles. The standard InChI is InChI=1S/C12H33BN2Si4/c1-16(2)9-10-17(3,4)14-13-15-18(5,6)11-12-19(15,7)8/h14H,9-12H2,1-8H3. The Morgan fingerprint density at radius 2 is 1.58 bits per heavy atom. The van der Waals surface area contributed by atoms with Gasteiger partial charge in [0.25, 0.3) is 7.55 Å². The first-order valence-corrected chi connectivity index (χ1v) is 19.9. The van der Waals surface area contributed by atoms with E-state index in [4.69, 9.17) is 0 Å². The highest BCUT2D eigenvalue weighted by Crippen LogP contribution is 2.35. The number of hydrogen-bond acceptors (Lipinski definition) is 2. The van der Waals surface area contributed by atoms with Gasteiger partial charge >= 0.3 is 0 Å². The van der Waals surface area contributed by atoms with Gasteiger partial charge in [-0.05, 0) is 18.1 Å². The van der Waals surface area contributed by atoms with Gasteiger partial charge in [-0.3, -0.25) is 0 Å². The quantitative estimate of drug-likeness (QED) is 0.746. The van der Waals surface area contributed by atoms with Gasteiger partial charge in [-0.15, -0.1) is 0 Å². The molecule has 0 aromatic rings. The van der Waals surface area contributed by atoms with Crippen molar-refractivity contribution >= 4 is 41.1 Å². The minimum absolute atomic E-state index is 0.0646. The van der Waals surface area contributed by atoms with E-state index in [-0.39, 0.29) is 8.80 Å². The molecule has 1 saturated heterocycles. The fraction of sp³-hybridized carbons (Fsp3) is 1.00. The summed E-state index contributed by atoms with van der Waals surface area (Å²) in [5.41, 5.74) is 0. The Morgan fingerprint density at radius 3 is 2.00 bits per heavy atom. The van der Waals surface area contributed by atoms with E-state index >= 15 is 0 Å². The van der Waals surface area contributed by atoms with Gasteiger partial charge in [0.2, 0.25) is 0 Å². The van der Waals surface area contributed by atoms with E-state index in [0.717, 1.165) is 0 Å². The fourth-order valence-corrected chi connectivity index (χ4v) is 21.7.